The Morgan fingerprint density at radius 2 is 1.88 bits per heavy atom. The van der Waals surface area contributed by atoms with Crippen molar-refractivity contribution in [2.75, 3.05) is 13.2 Å². The molecular formula is C18H18F2N2O2. The van der Waals surface area contributed by atoms with E-state index in [9.17, 15) is 13.6 Å². The number of ether oxygens (including phenoxy) is 1. The standard InChI is InChI=1S/C18H18F2N2O2/c19-15-2-1-3-16(20)14(15)9-18(23)22-17-11-24-10-13(17)8-12-4-6-21-7-5-12/h1-7,13,17H,8-11H2,(H,22,23)/t13-,17-/m1/s1. The molecule has 1 saturated heterocycles. The Bertz CT molecular complexity index is 689. The lowest BCUT2D eigenvalue weighted by Gasteiger charge is -2.19. The predicted octanol–water partition coefficient (Wildman–Crippen LogP) is 2.28. The molecule has 0 aliphatic carbocycles. The molecule has 0 bridgehead atoms. The molecule has 1 N–H and O–H groups in total. The fourth-order valence-corrected chi connectivity index (χ4v) is 2.90. The second kappa shape index (κ2) is 7.49. The molecule has 1 aromatic carbocycles. The number of carbonyl (C=O) groups is 1. The monoisotopic (exact) mass is 332 g/mol. The fourth-order valence-electron chi connectivity index (χ4n) is 2.90. The Hall–Kier alpha value is -2.34. The Labute approximate surface area is 138 Å². The summed E-state index contributed by atoms with van der Waals surface area (Å²) in [6.07, 6.45) is 3.87. The van der Waals surface area contributed by atoms with Gasteiger partial charge in [0, 0.05) is 23.9 Å². The van der Waals surface area contributed by atoms with Gasteiger partial charge in [-0.25, -0.2) is 8.78 Å². The quantitative estimate of drug-likeness (QED) is 0.914. The van der Waals surface area contributed by atoms with Gasteiger partial charge in [-0.05, 0) is 36.2 Å². The highest BCUT2D eigenvalue weighted by Crippen LogP contribution is 2.19. The summed E-state index contributed by atoms with van der Waals surface area (Å²) in [4.78, 5) is 16.1. The van der Waals surface area contributed by atoms with Crippen molar-refractivity contribution in [2.45, 2.75) is 18.9 Å². The lowest BCUT2D eigenvalue weighted by Crippen LogP contribution is -2.41. The molecule has 1 aliphatic rings. The van der Waals surface area contributed by atoms with Crippen LogP contribution >= 0.6 is 0 Å². The fraction of sp³-hybridized carbons (Fsp3) is 0.333. The third-order valence-electron chi connectivity index (χ3n) is 4.19. The minimum atomic E-state index is -0.707. The molecule has 2 atom stereocenters. The van der Waals surface area contributed by atoms with Crippen LogP contribution in [0.1, 0.15) is 11.1 Å². The van der Waals surface area contributed by atoms with Crippen molar-refractivity contribution in [3.63, 3.8) is 0 Å². The van der Waals surface area contributed by atoms with Gasteiger partial charge in [-0.15, -0.1) is 0 Å². The van der Waals surface area contributed by atoms with Crippen molar-refractivity contribution in [3.05, 3.63) is 65.5 Å². The summed E-state index contributed by atoms with van der Waals surface area (Å²) < 4.78 is 32.7. The normalized spacial score (nSPS) is 20.1. The van der Waals surface area contributed by atoms with E-state index < -0.39 is 17.5 Å². The Balaban J connectivity index is 1.61. The van der Waals surface area contributed by atoms with E-state index in [1.165, 1.54) is 6.07 Å². The van der Waals surface area contributed by atoms with Gasteiger partial charge in [0.1, 0.15) is 11.6 Å². The van der Waals surface area contributed by atoms with E-state index >= 15 is 0 Å². The maximum absolute atomic E-state index is 13.6. The van der Waals surface area contributed by atoms with E-state index in [2.05, 4.69) is 10.3 Å². The molecule has 2 heterocycles. The van der Waals surface area contributed by atoms with Crippen molar-refractivity contribution in [2.24, 2.45) is 5.92 Å². The van der Waals surface area contributed by atoms with Crippen LogP contribution in [0.5, 0.6) is 0 Å². The lowest BCUT2D eigenvalue weighted by atomic mass is 9.95. The molecule has 0 unspecified atom stereocenters. The molecule has 4 nitrogen and oxygen atoms in total. The summed E-state index contributed by atoms with van der Waals surface area (Å²) in [7, 11) is 0. The number of halogens is 2. The average molecular weight is 332 g/mol. The first-order valence-corrected chi connectivity index (χ1v) is 7.82. The van der Waals surface area contributed by atoms with E-state index in [0.717, 1.165) is 24.1 Å². The number of amides is 1. The van der Waals surface area contributed by atoms with Gasteiger partial charge in [0.2, 0.25) is 5.91 Å². The Morgan fingerprint density at radius 3 is 2.58 bits per heavy atom. The number of pyridine rings is 1. The van der Waals surface area contributed by atoms with Crippen molar-refractivity contribution < 1.29 is 18.3 Å². The largest absolute Gasteiger partial charge is 0.379 e. The molecule has 2 aromatic rings. The zero-order valence-electron chi connectivity index (χ0n) is 13.0. The zero-order chi connectivity index (χ0) is 16.9. The van der Waals surface area contributed by atoms with Crippen LogP contribution in [0.4, 0.5) is 8.78 Å². The number of aromatic nitrogens is 1. The molecular weight excluding hydrogens is 314 g/mol. The number of carbonyl (C=O) groups excluding carboxylic acids is 1. The third kappa shape index (κ3) is 3.94. The summed E-state index contributed by atoms with van der Waals surface area (Å²) in [6, 6.07) is 7.26. The van der Waals surface area contributed by atoms with Crippen molar-refractivity contribution in [3.8, 4) is 0 Å². The summed E-state index contributed by atoms with van der Waals surface area (Å²) in [6.45, 7) is 0.947. The maximum atomic E-state index is 13.6. The summed E-state index contributed by atoms with van der Waals surface area (Å²) in [5.74, 6) is -1.70. The van der Waals surface area contributed by atoms with Gasteiger partial charge < -0.3 is 10.1 Å². The molecule has 126 valence electrons. The first kappa shape index (κ1) is 16.5. The maximum Gasteiger partial charge on any atom is 0.224 e. The van der Waals surface area contributed by atoms with Crippen LogP contribution in [-0.4, -0.2) is 30.1 Å². The summed E-state index contributed by atoms with van der Waals surface area (Å²) in [5, 5.41) is 2.84. The van der Waals surface area contributed by atoms with Crippen molar-refractivity contribution in [1.29, 1.82) is 0 Å². The Kier molecular flexibility index (Phi) is 5.15. The zero-order valence-corrected chi connectivity index (χ0v) is 13.0. The van der Waals surface area contributed by atoms with Gasteiger partial charge >= 0.3 is 0 Å². The molecule has 3 rings (SSSR count). The van der Waals surface area contributed by atoms with Gasteiger partial charge in [-0.2, -0.15) is 0 Å². The van der Waals surface area contributed by atoms with E-state index in [1.807, 2.05) is 12.1 Å². The number of hydrogen-bond donors (Lipinski definition) is 1. The molecule has 1 aromatic heterocycles. The van der Waals surface area contributed by atoms with Gasteiger partial charge in [0.25, 0.3) is 0 Å². The van der Waals surface area contributed by atoms with Crippen molar-refractivity contribution >= 4 is 5.91 Å². The van der Waals surface area contributed by atoms with Crippen LogP contribution in [0.15, 0.2) is 42.7 Å². The molecule has 1 amide bonds. The van der Waals surface area contributed by atoms with Gasteiger partial charge in [0.05, 0.1) is 25.7 Å². The predicted molar refractivity (Wildman–Crippen MR) is 84.2 cm³/mol. The lowest BCUT2D eigenvalue weighted by molar-refractivity contribution is -0.121. The minimum absolute atomic E-state index is 0.127. The van der Waals surface area contributed by atoms with Crippen molar-refractivity contribution in [1.82, 2.24) is 10.3 Å². The van der Waals surface area contributed by atoms with E-state index in [-0.39, 0.29) is 23.9 Å². The molecule has 1 aliphatic heterocycles. The van der Waals surface area contributed by atoms with Crippen LogP contribution in [-0.2, 0) is 22.4 Å². The molecule has 0 saturated carbocycles. The van der Waals surface area contributed by atoms with Crippen LogP contribution in [0, 0.1) is 17.6 Å². The van der Waals surface area contributed by atoms with E-state index in [0.29, 0.717) is 13.2 Å². The van der Waals surface area contributed by atoms with Crippen LogP contribution in [0.25, 0.3) is 0 Å². The van der Waals surface area contributed by atoms with Crippen LogP contribution < -0.4 is 5.32 Å². The van der Waals surface area contributed by atoms with Gasteiger partial charge in [0.15, 0.2) is 0 Å². The highest BCUT2D eigenvalue weighted by molar-refractivity contribution is 5.79. The molecule has 6 heteroatoms. The second-order valence-electron chi connectivity index (χ2n) is 5.91. The molecule has 1 fully saturated rings. The third-order valence-corrected chi connectivity index (χ3v) is 4.19. The van der Waals surface area contributed by atoms with E-state index in [4.69, 9.17) is 4.74 Å². The van der Waals surface area contributed by atoms with Gasteiger partial charge in [-0.3, -0.25) is 9.78 Å². The second-order valence-corrected chi connectivity index (χ2v) is 5.91. The number of nitrogens with one attached hydrogen (secondary N) is 1. The minimum Gasteiger partial charge on any atom is -0.379 e. The first-order valence-electron chi connectivity index (χ1n) is 7.82. The highest BCUT2D eigenvalue weighted by atomic mass is 19.1. The molecule has 24 heavy (non-hydrogen) atoms. The first-order chi connectivity index (χ1) is 11.6. The smallest absolute Gasteiger partial charge is 0.224 e. The SMILES string of the molecule is O=C(Cc1c(F)cccc1F)N[C@@H]1COC[C@H]1Cc1ccncc1. The summed E-state index contributed by atoms with van der Waals surface area (Å²) >= 11 is 0. The number of nitrogens with zero attached hydrogens (tertiary/aromatic N) is 1. The highest BCUT2D eigenvalue weighted by Gasteiger charge is 2.30. The Morgan fingerprint density at radius 1 is 1.17 bits per heavy atom. The average Bonchev–Trinajstić information content (AvgIpc) is 2.99. The van der Waals surface area contributed by atoms with Crippen LogP contribution in [0.2, 0.25) is 0 Å². The summed E-state index contributed by atoms with van der Waals surface area (Å²) in [5.41, 5.74) is 0.902. The molecule has 0 spiro atoms. The number of hydrogen-bond acceptors (Lipinski definition) is 3. The van der Waals surface area contributed by atoms with Crippen LogP contribution in [0.3, 0.4) is 0 Å². The topological polar surface area (TPSA) is 51.2 Å². The van der Waals surface area contributed by atoms with Gasteiger partial charge in [-0.1, -0.05) is 6.07 Å². The number of rotatable bonds is 5. The number of benzene rings is 1. The molecule has 0 radical (unpaired) electrons. The van der Waals surface area contributed by atoms with E-state index in [1.54, 1.807) is 12.4 Å².